The predicted octanol–water partition coefficient (Wildman–Crippen LogP) is 4.88. The summed E-state index contributed by atoms with van der Waals surface area (Å²) in [6.07, 6.45) is 1.04. The van der Waals surface area contributed by atoms with Gasteiger partial charge in [0.25, 0.3) is 0 Å². The van der Waals surface area contributed by atoms with Crippen LogP contribution in [0.4, 0.5) is 5.69 Å². The molecule has 100 valence electrons. The standard InChI is InChI=1S/C19H19N/c1-15(13-16-7-3-2-4-8-16)20-19-12-11-17-9-5-6-10-18(17)14-19/h2-12,14-15,20H,13H2,1H3. The van der Waals surface area contributed by atoms with Crippen molar-refractivity contribution >= 4 is 16.5 Å². The van der Waals surface area contributed by atoms with Gasteiger partial charge in [0.1, 0.15) is 0 Å². The fourth-order valence-corrected chi connectivity index (χ4v) is 2.58. The third-order valence-electron chi connectivity index (χ3n) is 3.55. The number of benzene rings is 3. The fourth-order valence-electron chi connectivity index (χ4n) is 2.58. The molecule has 0 fully saturated rings. The van der Waals surface area contributed by atoms with Gasteiger partial charge < -0.3 is 5.32 Å². The normalized spacial score (nSPS) is 12.2. The van der Waals surface area contributed by atoms with Crippen molar-refractivity contribution in [2.75, 3.05) is 5.32 Å². The minimum Gasteiger partial charge on any atom is -0.382 e. The predicted molar refractivity (Wildman–Crippen MR) is 87.2 cm³/mol. The van der Waals surface area contributed by atoms with Gasteiger partial charge in [-0.3, -0.25) is 0 Å². The third-order valence-corrected chi connectivity index (χ3v) is 3.55. The highest BCUT2D eigenvalue weighted by molar-refractivity contribution is 5.85. The SMILES string of the molecule is CC(Cc1ccccc1)Nc1ccc2ccccc2c1. The summed E-state index contributed by atoms with van der Waals surface area (Å²) in [5.74, 6) is 0. The molecule has 1 heteroatoms. The van der Waals surface area contributed by atoms with Crippen molar-refractivity contribution in [2.45, 2.75) is 19.4 Å². The van der Waals surface area contributed by atoms with Gasteiger partial charge in [-0.15, -0.1) is 0 Å². The quantitative estimate of drug-likeness (QED) is 0.705. The van der Waals surface area contributed by atoms with Crippen LogP contribution in [-0.2, 0) is 6.42 Å². The van der Waals surface area contributed by atoms with Gasteiger partial charge in [0, 0.05) is 11.7 Å². The number of hydrogen-bond acceptors (Lipinski definition) is 1. The first-order chi connectivity index (χ1) is 9.81. The number of anilines is 1. The average molecular weight is 261 g/mol. The summed E-state index contributed by atoms with van der Waals surface area (Å²) < 4.78 is 0. The summed E-state index contributed by atoms with van der Waals surface area (Å²) in [6.45, 7) is 2.22. The van der Waals surface area contributed by atoms with Crippen LogP contribution in [0.1, 0.15) is 12.5 Å². The molecule has 0 aliphatic heterocycles. The molecule has 0 spiro atoms. The second-order valence-electron chi connectivity index (χ2n) is 5.30. The molecule has 0 bridgehead atoms. The van der Waals surface area contributed by atoms with E-state index >= 15 is 0 Å². The highest BCUT2D eigenvalue weighted by Crippen LogP contribution is 2.20. The molecule has 3 aromatic carbocycles. The van der Waals surface area contributed by atoms with Crippen LogP contribution in [-0.4, -0.2) is 6.04 Å². The Hall–Kier alpha value is -2.28. The largest absolute Gasteiger partial charge is 0.382 e. The van der Waals surface area contributed by atoms with Gasteiger partial charge in [-0.05, 0) is 41.8 Å². The van der Waals surface area contributed by atoms with Crippen LogP contribution in [0.3, 0.4) is 0 Å². The van der Waals surface area contributed by atoms with Gasteiger partial charge in [-0.1, -0.05) is 60.7 Å². The lowest BCUT2D eigenvalue weighted by molar-refractivity contribution is 0.790. The molecule has 0 amide bonds. The molecule has 0 aliphatic rings. The maximum atomic E-state index is 3.58. The van der Waals surface area contributed by atoms with E-state index in [-0.39, 0.29) is 0 Å². The molecule has 0 aromatic heterocycles. The lowest BCUT2D eigenvalue weighted by Crippen LogP contribution is -2.17. The molecule has 0 saturated heterocycles. The van der Waals surface area contributed by atoms with E-state index in [9.17, 15) is 0 Å². The Morgan fingerprint density at radius 3 is 2.30 bits per heavy atom. The Kier molecular flexibility index (Phi) is 3.69. The molecule has 3 aromatic rings. The molecule has 1 nitrogen and oxygen atoms in total. The first kappa shape index (κ1) is 12.7. The molecule has 1 N–H and O–H groups in total. The maximum Gasteiger partial charge on any atom is 0.0348 e. The van der Waals surface area contributed by atoms with Crippen LogP contribution in [0.5, 0.6) is 0 Å². The number of hydrogen-bond donors (Lipinski definition) is 1. The van der Waals surface area contributed by atoms with Crippen LogP contribution in [0.25, 0.3) is 10.8 Å². The molecule has 0 radical (unpaired) electrons. The minimum atomic E-state index is 0.415. The lowest BCUT2D eigenvalue weighted by atomic mass is 10.1. The zero-order valence-corrected chi connectivity index (χ0v) is 11.7. The molecular weight excluding hydrogens is 242 g/mol. The fraction of sp³-hybridized carbons (Fsp3) is 0.158. The van der Waals surface area contributed by atoms with Gasteiger partial charge in [0.2, 0.25) is 0 Å². The van der Waals surface area contributed by atoms with E-state index in [4.69, 9.17) is 0 Å². The van der Waals surface area contributed by atoms with E-state index in [1.807, 2.05) is 0 Å². The molecule has 3 rings (SSSR count). The van der Waals surface area contributed by atoms with Gasteiger partial charge in [0.05, 0.1) is 0 Å². The second-order valence-corrected chi connectivity index (χ2v) is 5.30. The van der Waals surface area contributed by atoms with E-state index < -0.39 is 0 Å². The number of rotatable bonds is 4. The minimum absolute atomic E-state index is 0.415. The van der Waals surface area contributed by atoms with Crippen molar-refractivity contribution in [1.29, 1.82) is 0 Å². The third kappa shape index (κ3) is 3.00. The molecule has 1 atom stereocenters. The zero-order valence-electron chi connectivity index (χ0n) is 11.7. The van der Waals surface area contributed by atoms with Gasteiger partial charge in [-0.25, -0.2) is 0 Å². The maximum absolute atomic E-state index is 3.58. The molecule has 1 unspecified atom stereocenters. The van der Waals surface area contributed by atoms with Crippen molar-refractivity contribution < 1.29 is 0 Å². The lowest BCUT2D eigenvalue weighted by Gasteiger charge is -2.16. The Morgan fingerprint density at radius 2 is 1.50 bits per heavy atom. The Labute approximate surface area is 120 Å². The van der Waals surface area contributed by atoms with Crippen molar-refractivity contribution in [3.8, 4) is 0 Å². The van der Waals surface area contributed by atoms with E-state index in [0.717, 1.165) is 6.42 Å². The van der Waals surface area contributed by atoms with Crippen molar-refractivity contribution in [3.05, 3.63) is 78.4 Å². The number of fused-ring (bicyclic) bond motifs is 1. The zero-order chi connectivity index (χ0) is 13.8. The van der Waals surface area contributed by atoms with Crippen molar-refractivity contribution in [3.63, 3.8) is 0 Å². The summed E-state index contributed by atoms with van der Waals surface area (Å²) in [4.78, 5) is 0. The summed E-state index contributed by atoms with van der Waals surface area (Å²) in [6, 6.07) is 26.0. The molecule has 0 heterocycles. The van der Waals surface area contributed by atoms with Crippen LogP contribution in [0.2, 0.25) is 0 Å². The van der Waals surface area contributed by atoms with Gasteiger partial charge >= 0.3 is 0 Å². The van der Waals surface area contributed by atoms with Gasteiger partial charge in [-0.2, -0.15) is 0 Å². The summed E-state index contributed by atoms with van der Waals surface area (Å²) >= 11 is 0. The molecule has 0 saturated carbocycles. The summed E-state index contributed by atoms with van der Waals surface area (Å²) in [7, 11) is 0. The van der Waals surface area contributed by atoms with E-state index in [0.29, 0.717) is 6.04 Å². The van der Waals surface area contributed by atoms with E-state index in [1.165, 1.54) is 22.0 Å². The van der Waals surface area contributed by atoms with E-state index in [2.05, 4.69) is 85.0 Å². The van der Waals surface area contributed by atoms with E-state index in [1.54, 1.807) is 0 Å². The monoisotopic (exact) mass is 261 g/mol. The van der Waals surface area contributed by atoms with Crippen LogP contribution in [0.15, 0.2) is 72.8 Å². The van der Waals surface area contributed by atoms with Crippen molar-refractivity contribution in [1.82, 2.24) is 0 Å². The summed E-state index contributed by atoms with van der Waals surface area (Å²) in [5, 5.41) is 6.15. The Balaban J connectivity index is 1.72. The number of nitrogens with one attached hydrogen (secondary N) is 1. The highest BCUT2D eigenvalue weighted by atomic mass is 14.9. The van der Waals surface area contributed by atoms with Crippen LogP contribution in [0, 0.1) is 0 Å². The van der Waals surface area contributed by atoms with Crippen molar-refractivity contribution in [2.24, 2.45) is 0 Å². The first-order valence-electron chi connectivity index (χ1n) is 7.10. The smallest absolute Gasteiger partial charge is 0.0348 e. The Morgan fingerprint density at radius 1 is 0.800 bits per heavy atom. The van der Waals surface area contributed by atoms with Gasteiger partial charge in [0.15, 0.2) is 0 Å². The Bertz CT molecular complexity index is 688. The molecular formula is C19H19N. The first-order valence-corrected chi connectivity index (χ1v) is 7.10. The van der Waals surface area contributed by atoms with Crippen LogP contribution < -0.4 is 5.32 Å². The average Bonchev–Trinajstić information content (AvgIpc) is 2.48. The van der Waals surface area contributed by atoms with Crippen LogP contribution >= 0.6 is 0 Å². The molecule has 20 heavy (non-hydrogen) atoms. The second kappa shape index (κ2) is 5.79. The topological polar surface area (TPSA) is 12.0 Å². The molecule has 0 aliphatic carbocycles. The highest BCUT2D eigenvalue weighted by Gasteiger charge is 2.04. The summed E-state index contributed by atoms with van der Waals surface area (Å²) in [5.41, 5.74) is 2.56.